The standard InChI is InChI=1S/C9H10BrF2N/c1-13-5-6-2-3-7(9(11)12)8(10)4-6/h2-4,9,13H,5H2,1H3. The molecule has 0 spiro atoms. The number of hydrogen-bond acceptors (Lipinski definition) is 1. The maximum atomic E-state index is 12.3. The average Bonchev–Trinajstić information content (AvgIpc) is 2.04. The molecule has 0 unspecified atom stereocenters. The molecule has 1 rings (SSSR count). The third kappa shape index (κ3) is 2.74. The highest BCUT2D eigenvalue weighted by atomic mass is 79.9. The summed E-state index contributed by atoms with van der Waals surface area (Å²) >= 11 is 3.11. The van der Waals surface area contributed by atoms with Crippen molar-refractivity contribution in [3.05, 3.63) is 33.8 Å². The second kappa shape index (κ2) is 4.67. The molecule has 0 saturated carbocycles. The third-order valence-electron chi connectivity index (χ3n) is 1.68. The molecular weight excluding hydrogens is 240 g/mol. The first-order chi connectivity index (χ1) is 6.15. The number of alkyl halides is 2. The molecule has 0 saturated heterocycles. The first-order valence-electron chi connectivity index (χ1n) is 3.86. The molecule has 1 aromatic rings. The van der Waals surface area contributed by atoms with Crippen LogP contribution in [0.5, 0.6) is 0 Å². The van der Waals surface area contributed by atoms with Crippen molar-refractivity contribution in [2.45, 2.75) is 13.0 Å². The predicted octanol–water partition coefficient (Wildman–Crippen LogP) is 3.11. The first-order valence-corrected chi connectivity index (χ1v) is 4.65. The van der Waals surface area contributed by atoms with E-state index in [1.807, 2.05) is 7.05 Å². The van der Waals surface area contributed by atoms with Crippen LogP contribution >= 0.6 is 15.9 Å². The monoisotopic (exact) mass is 249 g/mol. The minimum Gasteiger partial charge on any atom is -0.316 e. The van der Waals surface area contributed by atoms with Crippen molar-refractivity contribution in [1.82, 2.24) is 5.32 Å². The van der Waals surface area contributed by atoms with E-state index in [0.29, 0.717) is 11.0 Å². The molecule has 0 aromatic heterocycles. The molecule has 72 valence electrons. The van der Waals surface area contributed by atoms with Crippen LogP contribution in [-0.2, 0) is 6.54 Å². The van der Waals surface area contributed by atoms with Crippen LogP contribution in [0, 0.1) is 0 Å². The molecular formula is C9H10BrF2N. The zero-order chi connectivity index (χ0) is 9.84. The topological polar surface area (TPSA) is 12.0 Å². The van der Waals surface area contributed by atoms with Gasteiger partial charge in [-0.2, -0.15) is 0 Å². The molecule has 1 nitrogen and oxygen atoms in total. The van der Waals surface area contributed by atoms with Crippen LogP contribution in [0.15, 0.2) is 22.7 Å². The molecule has 4 heteroatoms. The van der Waals surface area contributed by atoms with E-state index < -0.39 is 6.43 Å². The quantitative estimate of drug-likeness (QED) is 0.869. The summed E-state index contributed by atoms with van der Waals surface area (Å²) in [6.07, 6.45) is -2.42. The Morgan fingerprint density at radius 3 is 2.62 bits per heavy atom. The van der Waals surface area contributed by atoms with Gasteiger partial charge in [0.25, 0.3) is 6.43 Å². The van der Waals surface area contributed by atoms with Crippen molar-refractivity contribution in [3.63, 3.8) is 0 Å². The van der Waals surface area contributed by atoms with Gasteiger partial charge in [-0.05, 0) is 18.7 Å². The predicted molar refractivity (Wildman–Crippen MR) is 51.9 cm³/mol. The lowest BCUT2D eigenvalue weighted by Crippen LogP contribution is -2.05. The summed E-state index contributed by atoms with van der Waals surface area (Å²) in [7, 11) is 1.81. The lowest BCUT2D eigenvalue weighted by Gasteiger charge is -2.05. The van der Waals surface area contributed by atoms with Gasteiger partial charge in [0.15, 0.2) is 0 Å². The van der Waals surface area contributed by atoms with Gasteiger partial charge in [0.05, 0.1) is 0 Å². The van der Waals surface area contributed by atoms with Crippen LogP contribution in [0.3, 0.4) is 0 Å². The molecule has 0 amide bonds. The molecule has 0 atom stereocenters. The number of hydrogen-bond donors (Lipinski definition) is 1. The van der Waals surface area contributed by atoms with Gasteiger partial charge in [0.2, 0.25) is 0 Å². The largest absolute Gasteiger partial charge is 0.316 e. The zero-order valence-electron chi connectivity index (χ0n) is 7.15. The highest BCUT2D eigenvalue weighted by Gasteiger charge is 2.10. The highest BCUT2D eigenvalue weighted by molar-refractivity contribution is 9.10. The lowest BCUT2D eigenvalue weighted by molar-refractivity contribution is 0.150. The summed E-state index contributed by atoms with van der Waals surface area (Å²) in [6, 6.07) is 4.85. The summed E-state index contributed by atoms with van der Waals surface area (Å²) in [4.78, 5) is 0. The molecule has 1 N–H and O–H groups in total. The van der Waals surface area contributed by atoms with E-state index in [4.69, 9.17) is 0 Å². The summed E-state index contributed by atoms with van der Waals surface area (Å²) in [5.41, 5.74) is 1.03. The van der Waals surface area contributed by atoms with Gasteiger partial charge in [-0.1, -0.05) is 28.1 Å². The first kappa shape index (κ1) is 10.6. The van der Waals surface area contributed by atoms with Crippen LogP contribution in [0.2, 0.25) is 0 Å². The Labute approximate surface area is 84.3 Å². The molecule has 0 fully saturated rings. The minimum absolute atomic E-state index is 0.0415. The number of rotatable bonds is 3. The molecule has 0 bridgehead atoms. The van der Waals surface area contributed by atoms with E-state index in [0.717, 1.165) is 5.56 Å². The lowest BCUT2D eigenvalue weighted by atomic mass is 10.1. The van der Waals surface area contributed by atoms with Gasteiger partial charge in [-0.25, -0.2) is 8.78 Å². The van der Waals surface area contributed by atoms with Crippen LogP contribution in [-0.4, -0.2) is 7.05 Å². The normalized spacial score (nSPS) is 10.8. The van der Waals surface area contributed by atoms with E-state index in [2.05, 4.69) is 21.2 Å². The van der Waals surface area contributed by atoms with E-state index >= 15 is 0 Å². The van der Waals surface area contributed by atoms with Crippen molar-refractivity contribution in [1.29, 1.82) is 0 Å². The fraction of sp³-hybridized carbons (Fsp3) is 0.333. The molecule has 0 aliphatic rings. The average molecular weight is 250 g/mol. The molecule has 0 heterocycles. The number of halogens is 3. The fourth-order valence-corrected chi connectivity index (χ4v) is 1.66. The minimum atomic E-state index is -2.42. The van der Waals surface area contributed by atoms with Gasteiger partial charge in [0.1, 0.15) is 0 Å². The summed E-state index contributed by atoms with van der Waals surface area (Å²) < 4.78 is 25.1. The number of benzene rings is 1. The van der Waals surface area contributed by atoms with Crippen molar-refractivity contribution in [2.75, 3.05) is 7.05 Å². The molecule has 13 heavy (non-hydrogen) atoms. The fourth-order valence-electron chi connectivity index (χ4n) is 1.06. The van der Waals surface area contributed by atoms with E-state index in [1.165, 1.54) is 6.07 Å². The number of nitrogens with one attached hydrogen (secondary N) is 1. The van der Waals surface area contributed by atoms with E-state index in [9.17, 15) is 8.78 Å². The van der Waals surface area contributed by atoms with Crippen molar-refractivity contribution in [3.8, 4) is 0 Å². The smallest absolute Gasteiger partial charge is 0.264 e. The van der Waals surface area contributed by atoms with E-state index in [-0.39, 0.29) is 5.56 Å². The Bertz CT molecular complexity index is 289. The summed E-state index contributed by atoms with van der Waals surface area (Å²) in [5, 5.41) is 2.95. The summed E-state index contributed by atoms with van der Waals surface area (Å²) in [5.74, 6) is 0. The Kier molecular flexibility index (Phi) is 3.81. The van der Waals surface area contributed by atoms with Crippen LogP contribution in [0.1, 0.15) is 17.6 Å². The van der Waals surface area contributed by atoms with Crippen LogP contribution in [0.4, 0.5) is 8.78 Å². The van der Waals surface area contributed by atoms with Gasteiger partial charge < -0.3 is 5.32 Å². The molecule has 0 aliphatic carbocycles. The van der Waals surface area contributed by atoms with Gasteiger partial charge >= 0.3 is 0 Å². The second-order valence-corrected chi connectivity index (χ2v) is 3.54. The highest BCUT2D eigenvalue weighted by Crippen LogP contribution is 2.27. The Hall–Kier alpha value is -0.480. The SMILES string of the molecule is CNCc1ccc(C(F)F)c(Br)c1. The van der Waals surface area contributed by atoms with Crippen molar-refractivity contribution < 1.29 is 8.78 Å². The third-order valence-corrected chi connectivity index (χ3v) is 2.37. The van der Waals surface area contributed by atoms with Gasteiger partial charge in [-0.3, -0.25) is 0 Å². The van der Waals surface area contributed by atoms with Crippen LogP contribution in [0.25, 0.3) is 0 Å². The second-order valence-electron chi connectivity index (χ2n) is 2.69. The maximum absolute atomic E-state index is 12.3. The molecule has 0 aliphatic heterocycles. The zero-order valence-corrected chi connectivity index (χ0v) is 8.74. The van der Waals surface area contributed by atoms with Gasteiger partial charge in [0, 0.05) is 16.6 Å². The van der Waals surface area contributed by atoms with Crippen molar-refractivity contribution >= 4 is 15.9 Å². The van der Waals surface area contributed by atoms with Gasteiger partial charge in [-0.15, -0.1) is 0 Å². The molecule has 0 radical (unpaired) electrons. The van der Waals surface area contributed by atoms with E-state index in [1.54, 1.807) is 12.1 Å². The van der Waals surface area contributed by atoms with Crippen LogP contribution < -0.4 is 5.32 Å². The van der Waals surface area contributed by atoms with Crippen molar-refractivity contribution in [2.24, 2.45) is 0 Å². The maximum Gasteiger partial charge on any atom is 0.264 e. The Balaban J connectivity index is 2.92. The molecule has 1 aromatic carbocycles. The Morgan fingerprint density at radius 1 is 1.46 bits per heavy atom. The Morgan fingerprint density at radius 2 is 2.15 bits per heavy atom. The summed E-state index contributed by atoms with van der Waals surface area (Å²) in [6.45, 7) is 0.683.